The number of aryl methyl sites for hydroxylation is 1. The van der Waals surface area contributed by atoms with Crippen molar-refractivity contribution in [1.82, 2.24) is 9.78 Å². The van der Waals surface area contributed by atoms with Gasteiger partial charge >= 0.3 is 5.97 Å². The second-order valence-corrected chi connectivity index (χ2v) is 2.94. The Balaban J connectivity index is 2.84. The molecule has 0 saturated carbocycles. The van der Waals surface area contributed by atoms with Crippen LogP contribution in [0.3, 0.4) is 0 Å². The topological polar surface area (TPSA) is 55.1 Å². The molecule has 0 unspecified atom stereocenters. The second-order valence-electron chi connectivity index (χ2n) is 2.94. The zero-order chi connectivity index (χ0) is 10.3. The van der Waals surface area contributed by atoms with Crippen LogP contribution < -0.4 is 0 Å². The van der Waals surface area contributed by atoms with E-state index in [-0.39, 0.29) is 5.69 Å². The summed E-state index contributed by atoms with van der Waals surface area (Å²) >= 11 is 0. The molecular formula is C9H7FN2O2. The van der Waals surface area contributed by atoms with Crippen molar-refractivity contribution in [1.29, 1.82) is 0 Å². The summed E-state index contributed by atoms with van der Waals surface area (Å²) < 4.78 is 14.2. The number of carboxylic acid groups (broad SMARTS) is 1. The lowest BCUT2D eigenvalue weighted by Gasteiger charge is -1.92. The molecule has 4 nitrogen and oxygen atoms in total. The maximum atomic E-state index is 12.8. The molecule has 1 N–H and O–H groups in total. The molecule has 0 bridgehead atoms. The van der Waals surface area contributed by atoms with Crippen LogP contribution >= 0.6 is 0 Å². The fourth-order valence-electron chi connectivity index (χ4n) is 1.39. The molecule has 1 heterocycles. The summed E-state index contributed by atoms with van der Waals surface area (Å²) in [6.45, 7) is 0. The van der Waals surface area contributed by atoms with E-state index < -0.39 is 11.8 Å². The third kappa shape index (κ3) is 1.14. The van der Waals surface area contributed by atoms with Gasteiger partial charge in [-0.2, -0.15) is 5.10 Å². The highest BCUT2D eigenvalue weighted by Crippen LogP contribution is 2.18. The molecule has 1 aromatic heterocycles. The molecule has 1 aromatic carbocycles. The molecular weight excluding hydrogens is 187 g/mol. The summed E-state index contributed by atoms with van der Waals surface area (Å²) in [6, 6.07) is 3.90. The van der Waals surface area contributed by atoms with Crippen LogP contribution in [0.2, 0.25) is 0 Å². The standard InChI is InChI=1S/C9H7FN2O2/c1-12-7-4-5(10)2-3-6(7)8(11-12)9(13)14/h2-4H,1H3,(H,13,14). The van der Waals surface area contributed by atoms with Gasteiger partial charge in [0.05, 0.1) is 5.52 Å². The summed E-state index contributed by atoms with van der Waals surface area (Å²) in [7, 11) is 1.58. The quantitative estimate of drug-likeness (QED) is 0.746. The number of hydrogen-bond acceptors (Lipinski definition) is 2. The smallest absolute Gasteiger partial charge is 0.357 e. The van der Waals surface area contributed by atoms with Crippen LogP contribution in [0.15, 0.2) is 18.2 Å². The van der Waals surface area contributed by atoms with Gasteiger partial charge in [0.1, 0.15) is 5.82 Å². The summed E-state index contributed by atoms with van der Waals surface area (Å²) in [4.78, 5) is 10.7. The molecule has 5 heteroatoms. The Morgan fingerprint density at radius 1 is 1.57 bits per heavy atom. The number of benzene rings is 1. The van der Waals surface area contributed by atoms with Crippen LogP contribution in [-0.4, -0.2) is 20.9 Å². The summed E-state index contributed by atoms with van der Waals surface area (Å²) in [5, 5.41) is 13.0. The predicted molar refractivity (Wildman–Crippen MR) is 47.6 cm³/mol. The lowest BCUT2D eigenvalue weighted by atomic mass is 10.2. The fraction of sp³-hybridized carbons (Fsp3) is 0.111. The zero-order valence-electron chi connectivity index (χ0n) is 7.36. The number of fused-ring (bicyclic) bond motifs is 1. The lowest BCUT2D eigenvalue weighted by Crippen LogP contribution is -1.99. The minimum Gasteiger partial charge on any atom is -0.476 e. The Bertz CT molecular complexity index is 519. The van der Waals surface area contributed by atoms with Crippen LogP contribution in [0.5, 0.6) is 0 Å². The molecule has 0 aliphatic rings. The third-order valence-electron chi connectivity index (χ3n) is 2.02. The van der Waals surface area contributed by atoms with Gasteiger partial charge in [-0.3, -0.25) is 4.68 Å². The van der Waals surface area contributed by atoms with E-state index >= 15 is 0 Å². The Hall–Kier alpha value is -1.91. The average Bonchev–Trinajstić information content (AvgIpc) is 2.44. The lowest BCUT2D eigenvalue weighted by molar-refractivity contribution is 0.0691. The van der Waals surface area contributed by atoms with Gasteiger partial charge in [0.2, 0.25) is 0 Å². The first-order chi connectivity index (χ1) is 6.59. The van der Waals surface area contributed by atoms with Gasteiger partial charge in [-0.05, 0) is 18.2 Å². The van der Waals surface area contributed by atoms with Crippen molar-refractivity contribution in [2.45, 2.75) is 0 Å². The fourth-order valence-corrected chi connectivity index (χ4v) is 1.39. The summed E-state index contributed by atoms with van der Waals surface area (Å²) in [5.74, 6) is -1.51. The molecule has 2 aromatic rings. The highest BCUT2D eigenvalue weighted by atomic mass is 19.1. The van der Waals surface area contributed by atoms with Gasteiger partial charge < -0.3 is 5.11 Å². The summed E-state index contributed by atoms with van der Waals surface area (Å²) in [5.41, 5.74) is 0.421. The van der Waals surface area contributed by atoms with Crippen molar-refractivity contribution in [2.75, 3.05) is 0 Å². The van der Waals surface area contributed by atoms with Crippen molar-refractivity contribution < 1.29 is 14.3 Å². The van der Waals surface area contributed by atoms with Crippen molar-refractivity contribution in [2.24, 2.45) is 7.05 Å². The van der Waals surface area contributed by atoms with E-state index in [1.165, 1.54) is 22.9 Å². The Morgan fingerprint density at radius 3 is 2.93 bits per heavy atom. The molecule has 0 saturated heterocycles. The van der Waals surface area contributed by atoms with E-state index in [1.54, 1.807) is 7.05 Å². The first-order valence-electron chi connectivity index (χ1n) is 3.95. The number of hydrogen-bond donors (Lipinski definition) is 1. The first-order valence-corrected chi connectivity index (χ1v) is 3.95. The third-order valence-corrected chi connectivity index (χ3v) is 2.02. The van der Waals surface area contributed by atoms with Crippen molar-refractivity contribution in [3.63, 3.8) is 0 Å². The average molecular weight is 194 g/mol. The Morgan fingerprint density at radius 2 is 2.29 bits per heavy atom. The zero-order valence-corrected chi connectivity index (χ0v) is 7.36. The number of carboxylic acids is 1. The number of aromatic carboxylic acids is 1. The van der Waals surface area contributed by atoms with E-state index in [9.17, 15) is 9.18 Å². The predicted octanol–water partition coefficient (Wildman–Crippen LogP) is 1.41. The van der Waals surface area contributed by atoms with Gasteiger partial charge in [0.15, 0.2) is 5.69 Å². The van der Waals surface area contributed by atoms with Crippen LogP contribution in [0.4, 0.5) is 4.39 Å². The van der Waals surface area contributed by atoms with Crippen molar-refractivity contribution in [3.05, 3.63) is 29.7 Å². The van der Waals surface area contributed by atoms with Gasteiger partial charge in [-0.1, -0.05) is 0 Å². The SMILES string of the molecule is Cn1nc(C(=O)O)c2ccc(F)cc21. The molecule has 72 valence electrons. The Labute approximate surface area is 78.6 Å². The number of nitrogens with zero attached hydrogens (tertiary/aromatic N) is 2. The van der Waals surface area contributed by atoms with Gasteiger partial charge in [-0.15, -0.1) is 0 Å². The molecule has 14 heavy (non-hydrogen) atoms. The molecule has 0 spiro atoms. The number of rotatable bonds is 1. The van der Waals surface area contributed by atoms with E-state index in [4.69, 9.17) is 5.11 Å². The van der Waals surface area contributed by atoms with Gasteiger partial charge in [0, 0.05) is 12.4 Å². The van der Waals surface area contributed by atoms with Crippen LogP contribution in [0.1, 0.15) is 10.5 Å². The van der Waals surface area contributed by atoms with E-state index in [0.29, 0.717) is 10.9 Å². The van der Waals surface area contributed by atoms with Crippen molar-refractivity contribution >= 4 is 16.9 Å². The maximum absolute atomic E-state index is 12.8. The van der Waals surface area contributed by atoms with Crippen LogP contribution in [-0.2, 0) is 7.05 Å². The van der Waals surface area contributed by atoms with Gasteiger partial charge in [0.25, 0.3) is 0 Å². The molecule has 2 rings (SSSR count). The number of aromatic nitrogens is 2. The largest absolute Gasteiger partial charge is 0.476 e. The van der Waals surface area contributed by atoms with Crippen LogP contribution in [0, 0.1) is 5.82 Å². The highest BCUT2D eigenvalue weighted by molar-refractivity contribution is 6.01. The van der Waals surface area contributed by atoms with E-state index in [1.807, 2.05) is 0 Å². The Kier molecular flexibility index (Phi) is 1.73. The molecule has 0 aliphatic carbocycles. The number of carbonyl (C=O) groups is 1. The van der Waals surface area contributed by atoms with E-state index in [0.717, 1.165) is 0 Å². The molecule has 0 aliphatic heterocycles. The maximum Gasteiger partial charge on any atom is 0.357 e. The van der Waals surface area contributed by atoms with Crippen LogP contribution in [0.25, 0.3) is 10.9 Å². The monoisotopic (exact) mass is 194 g/mol. The minimum atomic E-state index is -1.11. The molecule has 0 atom stereocenters. The normalized spacial score (nSPS) is 10.7. The number of halogens is 1. The molecule has 0 radical (unpaired) electrons. The minimum absolute atomic E-state index is 0.0532. The van der Waals surface area contributed by atoms with Gasteiger partial charge in [-0.25, -0.2) is 9.18 Å². The molecule has 0 amide bonds. The first kappa shape index (κ1) is 8.68. The van der Waals surface area contributed by atoms with E-state index in [2.05, 4.69) is 5.10 Å². The second kappa shape index (κ2) is 2.80. The highest BCUT2D eigenvalue weighted by Gasteiger charge is 2.14. The summed E-state index contributed by atoms with van der Waals surface area (Å²) in [6.07, 6.45) is 0. The molecule has 0 fully saturated rings. The van der Waals surface area contributed by atoms with Crippen molar-refractivity contribution in [3.8, 4) is 0 Å².